The smallest absolute Gasteiger partial charge is 0.0442 e. The van der Waals surface area contributed by atoms with E-state index in [-0.39, 0.29) is 6.61 Å². The van der Waals surface area contributed by atoms with E-state index >= 15 is 0 Å². The maximum absolute atomic E-state index is 8.88. The van der Waals surface area contributed by atoms with Gasteiger partial charge in [0, 0.05) is 18.9 Å². The Morgan fingerprint density at radius 1 is 1.24 bits per heavy atom. The lowest BCUT2D eigenvalue weighted by atomic mass is 9.62. The maximum atomic E-state index is 8.88. The first-order valence-corrected chi connectivity index (χ1v) is 8.96. The van der Waals surface area contributed by atoms with Gasteiger partial charge in [-0.25, -0.2) is 0 Å². The predicted octanol–water partition coefficient (Wildman–Crippen LogP) is 5.28. The number of hydrogen-bond donors (Lipinski definition) is 1. The Labute approximate surface area is 132 Å². The summed E-state index contributed by atoms with van der Waals surface area (Å²) in [7, 11) is 0. The van der Waals surface area contributed by atoms with E-state index in [1.807, 2.05) is 0 Å². The van der Waals surface area contributed by atoms with E-state index in [1.54, 1.807) is 0 Å². The van der Waals surface area contributed by atoms with E-state index in [0.717, 1.165) is 24.7 Å². The van der Waals surface area contributed by atoms with Crippen molar-refractivity contribution in [1.29, 1.82) is 0 Å². The normalized spacial score (nSPS) is 27.5. The molecule has 1 fully saturated rings. The lowest BCUT2D eigenvalue weighted by Gasteiger charge is -2.43. The van der Waals surface area contributed by atoms with Gasteiger partial charge in [0.1, 0.15) is 0 Å². The van der Waals surface area contributed by atoms with Crippen LogP contribution in [0, 0.1) is 40.9 Å². The molecule has 1 aliphatic rings. The lowest BCUT2D eigenvalue weighted by Crippen LogP contribution is -2.33. The van der Waals surface area contributed by atoms with Crippen LogP contribution in [-0.2, 0) is 0 Å². The molecule has 0 saturated heterocycles. The zero-order valence-corrected chi connectivity index (χ0v) is 14.9. The lowest BCUT2D eigenvalue weighted by molar-refractivity contribution is 0.0713. The van der Waals surface area contributed by atoms with E-state index < -0.39 is 0 Å². The van der Waals surface area contributed by atoms with Gasteiger partial charge in [-0.3, -0.25) is 0 Å². The van der Waals surface area contributed by atoms with Crippen LogP contribution >= 0.6 is 0 Å². The van der Waals surface area contributed by atoms with Crippen molar-refractivity contribution in [2.45, 2.75) is 79.6 Å². The van der Waals surface area contributed by atoms with E-state index in [9.17, 15) is 0 Å². The van der Waals surface area contributed by atoms with Crippen molar-refractivity contribution < 1.29 is 5.11 Å². The van der Waals surface area contributed by atoms with Crippen LogP contribution in [0.5, 0.6) is 0 Å². The van der Waals surface area contributed by atoms with Crippen molar-refractivity contribution in [3.8, 4) is 11.8 Å². The monoisotopic (exact) mass is 292 g/mol. The number of aliphatic hydroxyl groups is 1. The Hall–Kier alpha value is -0.480. The molecule has 1 rings (SSSR count). The highest BCUT2D eigenvalue weighted by Crippen LogP contribution is 2.46. The molecule has 1 heteroatoms. The summed E-state index contributed by atoms with van der Waals surface area (Å²) in [5.74, 6) is 9.40. The Bertz CT molecular complexity index is 347. The molecular formula is C20H36O. The zero-order chi connectivity index (χ0) is 15.9. The van der Waals surface area contributed by atoms with Gasteiger partial charge in [0.15, 0.2) is 0 Å². The van der Waals surface area contributed by atoms with Crippen LogP contribution in [0.15, 0.2) is 0 Å². The molecule has 4 atom stereocenters. The molecule has 3 unspecified atom stereocenters. The molecule has 0 radical (unpaired) electrons. The van der Waals surface area contributed by atoms with Gasteiger partial charge in [0.25, 0.3) is 0 Å². The molecule has 1 nitrogen and oxygen atoms in total. The van der Waals surface area contributed by atoms with Gasteiger partial charge < -0.3 is 5.11 Å². The first-order valence-electron chi connectivity index (χ1n) is 8.96. The zero-order valence-electron chi connectivity index (χ0n) is 14.9. The van der Waals surface area contributed by atoms with Gasteiger partial charge in [-0.1, -0.05) is 47.5 Å². The summed E-state index contributed by atoms with van der Waals surface area (Å²) in [6, 6.07) is 0. The van der Waals surface area contributed by atoms with Crippen LogP contribution in [0.25, 0.3) is 0 Å². The van der Waals surface area contributed by atoms with Crippen LogP contribution in [0.1, 0.15) is 79.6 Å². The minimum Gasteiger partial charge on any atom is -0.396 e. The summed E-state index contributed by atoms with van der Waals surface area (Å²) in [6.07, 6.45) is 8.71. The minimum atomic E-state index is 0.250. The van der Waals surface area contributed by atoms with Crippen molar-refractivity contribution in [3.63, 3.8) is 0 Å². The molecule has 1 saturated carbocycles. The van der Waals surface area contributed by atoms with Gasteiger partial charge in [-0.2, -0.15) is 0 Å². The van der Waals surface area contributed by atoms with Crippen LogP contribution in [0.4, 0.5) is 0 Å². The summed E-state index contributed by atoms with van der Waals surface area (Å²) < 4.78 is 0. The third-order valence-corrected chi connectivity index (χ3v) is 5.50. The first kappa shape index (κ1) is 18.6. The molecule has 0 heterocycles. The fourth-order valence-electron chi connectivity index (χ4n) is 3.95. The van der Waals surface area contributed by atoms with Crippen LogP contribution in [0.3, 0.4) is 0 Å². The van der Waals surface area contributed by atoms with Gasteiger partial charge in [-0.05, 0) is 48.9 Å². The largest absolute Gasteiger partial charge is 0.396 e. The maximum Gasteiger partial charge on any atom is 0.0442 e. The summed E-state index contributed by atoms with van der Waals surface area (Å²) in [4.78, 5) is 0. The van der Waals surface area contributed by atoms with E-state index in [1.165, 1.54) is 32.1 Å². The minimum absolute atomic E-state index is 0.250. The van der Waals surface area contributed by atoms with Gasteiger partial charge >= 0.3 is 0 Å². The van der Waals surface area contributed by atoms with Crippen molar-refractivity contribution in [2.24, 2.45) is 29.1 Å². The molecule has 0 aromatic rings. The van der Waals surface area contributed by atoms with E-state index in [4.69, 9.17) is 5.11 Å². The van der Waals surface area contributed by atoms with Crippen molar-refractivity contribution in [3.05, 3.63) is 0 Å². The number of hydrogen-bond acceptors (Lipinski definition) is 1. The van der Waals surface area contributed by atoms with Gasteiger partial charge in [0.05, 0.1) is 0 Å². The van der Waals surface area contributed by atoms with Crippen molar-refractivity contribution >= 4 is 0 Å². The Morgan fingerprint density at radius 3 is 2.57 bits per heavy atom. The molecule has 0 aliphatic heterocycles. The SMILES string of the molecule is CC(C#CCC(C)CC[C@H]1C(C)CCCC1(C)C)CCO. The van der Waals surface area contributed by atoms with Crippen LogP contribution in [0.2, 0.25) is 0 Å². The molecular weight excluding hydrogens is 256 g/mol. The summed E-state index contributed by atoms with van der Waals surface area (Å²) in [6.45, 7) is 12.1. The highest BCUT2D eigenvalue weighted by Gasteiger charge is 2.36. The van der Waals surface area contributed by atoms with Crippen LogP contribution in [-0.4, -0.2) is 11.7 Å². The average Bonchev–Trinajstić information content (AvgIpc) is 2.37. The van der Waals surface area contributed by atoms with E-state index in [2.05, 4.69) is 46.5 Å². The van der Waals surface area contributed by atoms with Crippen LogP contribution < -0.4 is 0 Å². The molecule has 0 bridgehead atoms. The highest BCUT2D eigenvalue weighted by atomic mass is 16.3. The second-order valence-corrected chi connectivity index (χ2v) is 8.09. The fraction of sp³-hybridized carbons (Fsp3) is 0.900. The third-order valence-electron chi connectivity index (χ3n) is 5.50. The third kappa shape index (κ3) is 6.43. The fourth-order valence-corrected chi connectivity index (χ4v) is 3.95. The molecule has 122 valence electrons. The second-order valence-electron chi connectivity index (χ2n) is 8.09. The summed E-state index contributed by atoms with van der Waals surface area (Å²) in [5, 5.41) is 8.88. The molecule has 0 aromatic heterocycles. The van der Waals surface area contributed by atoms with Gasteiger partial charge in [-0.15, -0.1) is 11.8 Å². The topological polar surface area (TPSA) is 20.2 Å². The first-order chi connectivity index (χ1) is 9.86. The summed E-state index contributed by atoms with van der Waals surface area (Å²) in [5.41, 5.74) is 0.526. The highest BCUT2D eigenvalue weighted by molar-refractivity contribution is 5.03. The number of aliphatic hydroxyl groups excluding tert-OH is 1. The molecule has 0 amide bonds. The van der Waals surface area contributed by atoms with Crippen molar-refractivity contribution in [2.75, 3.05) is 6.61 Å². The Morgan fingerprint density at radius 2 is 1.95 bits per heavy atom. The second kappa shape index (κ2) is 8.84. The molecule has 1 aliphatic carbocycles. The molecule has 0 spiro atoms. The Kier molecular flexibility index (Phi) is 7.82. The predicted molar refractivity (Wildman–Crippen MR) is 91.9 cm³/mol. The standard InChI is InChI=1S/C20H36O/c1-16(8-6-9-17(2)13-15-21)11-12-19-18(3)10-7-14-20(19,4)5/h16-19,21H,7-8,10-15H2,1-5H3/t16?,17?,18?,19-/m0/s1. The Balaban J connectivity index is 2.36. The number of rotatable bonds is 6. The quantitative estimate of drug-likeness (QED) is 0.661. The molecule has 0 aromatic carbocycles. The average molecular weight is 293 g/mol. The molecule has 21 heavy (non-hydrogen) atoms. The molecule has 1 N–H and O–H groups in total. The van der Waals surface area contributed by atoms with Gasteiger partial charge in [0.2, 0.25) is 0 Å². The summed E-state index contributed by atoms with van der Waals surface area (Å²) >= 11 is 0. The van der Waals surface area contributed by atoms with Crippen molar-refractivity contribution in [1.82, 2.24) is 0 Å². The van der Waals surface area contributed by atoms with E-state index in [0.29, 0.717) is 17.3 Å².